The van der Waals surface area contributed by atoms with Gasteiger partial charge in [0.2, 0.25) is 5.91 Å². The summed E-state index contributed by atoms with van der Waals surface area (Å²) < 4.78 is 39.2. The van der Waals surface area contributed by atoms with E-state index in [0.717, 1.165) is 6.07 Å². The summed E-state index contributed by atoms with van der Waals surface area (Å²) in [5.74, 6) is -4.22. The fraction of sp³-hybridized carbons (Fsp3) is 0.0714. The zero-order valence-electron chi connectivity index (χ0n) is 10.3. The van der Waals surface area contributed by atoms with Crippen LogP contribution in [0.15, 0.2) is 42.5 Å². The van der Waals surface area contributed by atoms with Gasteiger partial charge in [0.1, 0.15) is 5.82 Å². The van der Waals surface area contributed by atoms with Gasteiger partial charge in [-0.15, -0.1) is 0 Å². The van der Waals surface area contributed by atoms with Crippen LogP contribution in [0.5, 0.6) is 0 Å². The normalized spacial score (nSPS) is 10.2. The van der Waals surface area contributed by atoms with Gasteiger partial charge in [-0.05, 0) is 12.1 Å². The van der Waals surface area contributed by atoms with Crippen LogP contribution in [0.4, 0.5) is 24.5 Å². The molecule has 0 aliphatic heterocycles. The van der Waals surface area contributed by atoms with Crippen LogP contribution in [-0.2, 0) is 4.79 Å². The summed E-state index contributed by atoms with van der Waals surface area (Å²) >= 11 is 0. The van der Waals surface area contributed by atoms with Crippen molar-refractivity contribution in [2.45, 2.75) is 0 Å². The van der Waals surface area contributed by atoms with Crippen LogP contribution < -0.4 is 10.6 Å². The molecule has 1 amide bonds. The average molecular weight is 280 g/mol. The molecule has 2 N–H and O–H groups in total. The fourth-order valence-corrected chi connectivity index (χ4v) is 1.58. The maximum Gasteiger partial charge on any atom is 0.243 e. The van der Waals surface area contributed by atoms with E-state index >= 15 is 0 Å². The summed E-state index contributed by atoms with van der Waals surface area (Å²) in [6.45, 7) is -0.151. The second-order valence-electron chi connectivity index (χ2n) is 4.02. The molecule has 0 fully saturated rings. The lowest BCUT2D eigenvalue weighted by molar-refractivity contribution is -0.114. The van der Waals surface area contributed by atoms with Gasteiger partial charge in [0.05, 0.1) is 12.2 Å². The molecule has 20 heavy (non-hydrogen) atoms. The third-order valence-electron chi connectivity index (χ3n) is 2.49. The van der Waals surface area contributed by atoms with Gasteiger partial charge >= 0.3 is 0 Å². The Labute approximate surface area is 113 Å². The van der Waals surface area contributed by atoms with Crippen LogP contribution in [0.3, 0.4) is 0 Å². The first kappa shape index (κ1) is 13.9. The molecule has 2 aromatic carbocycles. The molecule has 6 heteroatoms. The van der Waals surface area contributed by atoms with Crippen molar-refractivity contribution in [3.63, 3.8) is 0 Å². The molecule has 2 aromatic rings. The largest absolute Gasteiger partial charge is 0.376 e. The Balaban J connectivity index is 1.98. The first-order chi connectivity index (χ1) is 9.56. The van der Waals surface area contributed by atoms with E-state index < -0.39 is 29.0 Å². The molecule has 0 atom stereocenters. The minimum atomic E-state index is -1.35. The van der Waals surface area contributed by atoms with E-state index in [-0.39, 0.29) is 6.54 Å². The number of amides is 1. The Kier molecular flexibility index (Phi) is 4.24. The van der Waals surface area contributed by atoms with Crippen molar-refractivity contribution >= 4 is 17.3 Å². The van der Waals surface area contributed by atoms with Crippen LogP contribution in [0, 0.1) is 17.5 Å². The molecule has 0 aliphatic carbocycles. The first-order valence-electron chi connectivity index (χ1n) is 5.79. The maximum absolute atomic E-state index is 13.3. The number of carbonyl (C=O) groups is 1. The van der Waals surface area contributed by atoms with Gasteiger partial charge in [0, 0.05) is 17.8 Å². The molecule has 0 unspecified atom stereocenters. The second-order valence-corrected chi connectivity index (χ2v) is 4.02. The predicted octanol–water partition coefficient (Wildman–Crippen LogP) is 3.15. The van der Waals surface area contributed by atoms with Crippen LogP contribution >= 0.6 is 0 Å². The van der Waals surface area contributed by atoms with Gasteiger partial charge < -0.3 is 10.6 Å². The van der Waals surface area contributed by atoms with Gasteiger partial charge in [-0.1, -0.05) is 18.2 Å². The Morgan fingerprint density at radius 3 is 2.45 bits per heavy atom. The Hall–Kier alpha value is -2.50. The summed E-state index contributed by atoms with van der Waals surface area (Å²) in [6, 6.07) is 10.00. The van der Waals surface area contributed by atoms with Crippen molar-refractivity contribution in [3.05, 3.63) is 59.9 Å². The second kappa shape index (κ2) is 6.10. The number of hydrogen-bond donors (Lipinski definition) is 2. The lowest BCUT2D eigenvalue weighted by atomic mass is 10.2. The molecule has 3 nitrogen and oxygen atoms in total. The molecule has 0 saturated carbocycles. The van der Waals surface area contributed by atoms with Crippen LogP contribution in [0.2, 0.25) is 0 Å². The number of halogens is 3. The van der Waals surface area contributed by atoms with Crippen molar-refractivity contribution in [2.24, 2.45) is 0 Å². The lowest BCUT2D eigenvalue weighted by Crippen LogP contribution is -2.22. The third kappa shape index (κ3) is 3.50. The summed E-state index contributed by atoms with van der Waals surface area (Å²) in [5.41, 5.74) is 0.177. The van der Waals surface area contributed by atoms with Crippen molar-refractivity contribution < 1.29 is 18.0 Å². The minimum Gasteiger partial charge on any atom is -0.376 e. The van der Waals surface area contributed by atoms with Crippen molar-refractivity contribution in [1.29, 1.82) is 0 Å². The highest BCUT2D eigenvalue weighted by molar-refractivity contribution is 5.93. The molecule has 2 rings (SSSR count). The van der Waals surface area contributed by atoms with E-state index in [9.17, 15) is 18.0 Å². The van der Waals surface area contributed by atoms with E-state index in [0.29, 0.717) is 11.8 Å². The Morgan fingerprint density at radius 2 is 1.75 bits per heavy atom. The monoisotopic (exact) mass is 280 g/mol. The minimum absolute atomic E-state index is 0.151. The number of para-hydroxylation sites is 1. The molecule has 0 bridgehead atoms. The molecule has 0 saturated heterocycles. The quantitative estimate of drug-likeness (QED) is 0.845. The number of hydrogen-bond acceptors (Lipinski definition) is 2. The van der Waals surface area contributed by atoms with Crippen LogP contribution in [0.1, 0.15) is 0 Å². The van der Waals surface area contributed by atoms with Gasteiger partial charge in [-0.25, -0.2) is 13.2 Å². The molecular weight excluding hydrogens is 269 g/mol. The van der Waals surface area contributed by atoms with E-state index in [1.54, 1.807) is 24.3 Å². The van der Waals surface area contributed by atoms with Gasteiger partial charge in [0.15, 0.2) is 11.6 Å². The van der Waals surface area contributed by atoms with Gasteiger partial charge in [0.25, 0.3) is 0 Å². The van der Waals surface area contributed by atoms with Crippen molar-refractivity contribution in [2.75, 3.05) is 17.2 Å². The molecule has 0 radical (unpaired) electrons. The zero-order chi connectivity index (χ0) is 14.5. The molecule has 0 aromatic heterocycles. The molecular formula is C14H11F3N2O. The number of rotatable bonds is 4. The van der Waals surface area contributed by atoms with Crippen molar-refractivity contribution in [1.82, 2.24) is 0 Å². The predicted molar refractivity (Wildman–Crippen MR) is 69.9 cm³/mol. The Morgan fingerprint density at radius 1 is 1.05 bits per heavy atom. The molecule has 0 aliphatic rings. The van der Waals surface area contributed by atoms with Gasteiger partial charge in [-0.2, -0.15) is 0 Å². The van der Waals surface area contributed by atoms with E-state index in [4.69, 9.17) is 0 Å². The maximum atomic E-state index is 13.3. The van der Waals surface area contributed by atoms with E-state index in [1.807, 2.05) is 6.07 Å². The SMILES string of the molecule is O=C(CNc1ccccc1)Nc1cc(F)cc(F)c1F. The Bertz CT molecular complexity index is 617. The first-order valence-corrected chi connectivity index (χ1v) is 5.79. The number of nitrogens with one attached hydrogen (secondary N) is 2. The zero-order valence-corrected chi connectivity index (χ0v) is 10.3. The number of benzene rings is 2. The van der Waals surface area contributed by atoms with E-state index in [2.05, 4.69) is 10.6 Å². The fourth-order valence-electron chi connectivity index (χ4n) is 1.58. The third-order valence-corrected chi connectivity index (χ3v) is 2.49. The standard InChI is InChI=1S/C14H11F3N2O/c15-9-6-11(16)14(17)12(7-9)19-13(20)8-18-10-4-2-1-3-5-10/h1-7,18H,8H2,(H,19,20). The lowest BCUT2D eigenvalue weighted by Gasteiger charge is -2.09. The highest BCUT2D eigenvalue weighted by Crippen LogP contribution is 2.19. The van der Waals surface area contributed by atoms with Gasteiger partial charge in [-0.3, -0.25) is 4.79 Å². The molecule has 104 valence electrons. The van der Waals surface area contributed by atoms with Crippen molar-refractivity contribution in [3.8, 4) is 0 Å². The number of anilines is 2. The topological polar surface area (TPSA) is 41.1 Å². The van der Waals surface area contributed by atoms with Crippen LogP contribution in [0.25, 0.3) is 0 Å². The molecule has 0 heterocycles. The summed E-state index contributed by atoms with van der Waals surface area (Å²) in [6.07, 6.45) is 0. The highest BCUT2D eigenvalue weighted by atomic mass is 19.2. The van der Waals surface area contributed by atoms with Crippen LogP contribution in [-0.4, -0.2) is 12.5 Å². The van der Waals surface area contributed by atoms with E-state index in [1.165, 1.54) is 0 Å². The summed E-state index contributed by atoms with van der Waals surface area (Å²) in [7, 11) is 0. The molecule has 0 spiro atoms. The highest BCUT2D eigenvalue weighted by Gasteiger charge is 2.13. The summed E-state index contributed by atoms with van der Waals surface area (Å²) in [5, 5.41) is 4.90. The average Bonchev–Trinajstić information content (AvgIpc) is 2.43. The summed E-state index contributed by atoms with van der Waals surface area (Å²) in [4.78, 5) is 11.6. The number of carbonyl (C=O) groups excluding carboxylic acids is 1. The smallest absolute Gasteiger partial charge is 0.243 e.